The molecule has 0 aliphatic rings. The van der Waals surface area contributed by atoms with Gasteiger partial charge in [-0.25, -0.2) is 0 Å². The second-order valence-corrected chi connectivity index (χ2v) is 6.64. The maximum atomic E-state index is 5.81. The number of ether oxygens (including phenoxy) is 2. The molecule has 0 saturated heterocycles. The van der Waals surface area contributed by atoms with Crippen LogP contribution in [0.1, 0.15) is 90.9 Å². The molecule has 0 saturated carbocycles. The van der Waals surface area contributed by atoms with Crippen molar-refractivity contribution in [2.24, 2.45) is 0 Å². The van der Waals surface area contributed by atoms with E-state index in [0.717, 1.165) is 37.6 Å². The van der Waals surface area contributed by atoms with Gasteiger partial charge in [-0.15, -0.1) is 0 Å². The highest BCUT2D eigenvalue weighted by Crippen LogP contribution is 2.20. The highest BCUT2D eigenvalue weighted by molar-refractivity contribution is 5.32. The van der Waals surface area contributed by atoms with Crippen molar-refractivity contribution in [2.75, 3.05) is 13.2 Å². The minimum absolute atomic E-state index is 0.793. The maximum absolute atomic E-state index is 5.81. The van der Waals surface area contributed by atoms with Crippen molar-refractivity contribution in [1.82, 2.24) is 0 Å². The van der Waals surface area contributed by atoms with Crippen LogP contribution in [0.5, 0.6) is 11.5 Å². The third-order valence-corrected chi connectivity index (χ3v) is 4.27. The van der Waals surface area contributed by atoms with Gasteiger partial charge >= 0.3 is 0 Å². The highest BCUT2D eigenvalue weighted by Gasteiger charge is 1.99. The molecule has 1 aromatic rings. The monoisotopic (exact) mass is 333 g/mol. The Kier molecular flexibility index (Phi) is 13.3. The minimum atomic E-state index is 0.793. The maximum Gasteiger partial charge on any atom is 0.123 e. The first-order valence-electron chi connectivity index (χ1n) is 10.1. The molecule has 2 heteroatoms. The molecule has 0 atom stereocenters. The Labute approximate surface area is 149 Å². The van der Waals surface area contributed by atoms with Crippen LogP contribution in [0.15, 0.2) is 18.2 Å². The van der Waals surface area contributed by atoms with Gasteiger partial charge in [0, 0.05) is 6.07 Å². The van der Waals surface area contributed by atoms with E-state index in [1.807, 2.05) is 18.2 Å². The molecule has 1 radical (unpaired) electrons. The zero-order valence-electron chi connectivity index (χ0n) is 15.9. The molecule has 0 aliphatic heterocycles. The molecule has 2 nitrogen and oxygen atoms in total. The molecule has 0 spiro atoms. The van der Waals surface area contributed by atoms with Crippen LogP contribution in [0, 0.1) is 6.07 Å². The highest BCUT2D eigenvalue weighted by atomic mass is 16.5. The number of hydrogen-bond acceptors (Lipinski definition) is 2. The molecular formula is C22H37O2. The first-order valence-corrected chi connectivity index (χ1v) is 10.1. The minimum Gasteiger partial charge on any atom is -0.493 e. The van der Waals surface area contributed by atoms with Crippen LogP contribution in [0.3, 0.4) is 0 Å². The molecule has 0 N–H and O–H groups in total. The van der Waals surface area contributed by atoms with E-state index < -0.39 is 0 Å². The summed E-state index contributed by atoms with van der Waals surface area (Å²) in [5.74, 6) is 1.76. The van der Waals surface area contributed by atoms with Crippen LogP contribution in [-0.2, 0) is 0 Å². The number of hydrogen-bond donors (Lipinski definition) is 0. The molecule has 0 unspecified atom stereocenters. The van der Waals surface area contributed by atoms with Crippen LogP contribution in [0.4, 0.5) is 0 Å². The van der Waals surface area contributed by atoms with Gasteiger partial charge in [0.2, 0.25) is 0 Å². The molecule has 1 aromatic carbocycles. The van der Waals surface area contributed by atoms with Crippen LogP contribution in [0.2, 0.25) is 0 Å². The number of rotatable bonds is 16. The topological polar surface area (TPSA) is 18.5 Å². The Morgan fingerprint density at radius 1 is 0.625 bits per heavy atom. The van der Waals surface area contributed by atoms with Crippen molar-refractivity contribution < 1.29 is 9.47 Å². The molecule has 24 heavy (non-hydrogen) atoms. The molecule has 0 bridgehead atoms. The Morgan fingerprint density at radius 3 is 1.50 bits per heavy atom. The largest absolute Gasteiger partial charge is 0.493 e. The van der Waals surface area contributed by atoms with E-state index in [2.05, 4.69) is 19.9 Å². The first-order chi connectivity index (χ1) is 11.9. The van der Waals surface area contributed by atoms with Gasteiger partial charge in [0.15, 0.2) is 0 Å². The summed E-state index contributed by atoms with van der Waals surface area (Å²) in [5, 5.41) is 0. The summed E-state index contributed by atoms with van der Waals surface area (Å²) in [4.78, 5) is 0. The van der Waals surface area contributed by atoms with Gasteiger partial charge in [0.1, 0.15) is 11.5 Å². The Balaban J connectivity index is 2.08. The quantitative estimate of drug-likeness (QED) is 0.304. The lowest BCUT2D eigenvalue weighted by molar-refractivity contribution is 0.289. The molecule has 137 valence electrons. The van der Waals surface area contributed by atoms with Gasteiger partial charge in [-0.05, 0) is 31.0 Å². The summed E-state index contributed by atoms with van der Waals surface area (Å²) in [5.41, 5.74) is 0. The van der Waals surface area contributed by atoms with Gasteiger partial charge in [-0.1, -0.05) is 78.1 Å². The van der Waals surface area contributed by atoms with E-state index in [1.165, 1.54) is 64.2 Å². The van der Waals surface area contributed by atoms with E-state index >= 15 is 0 Å². The molecule has 0 fully saturated rings. The second-order valence-electron chi connectivity index (χ2n) is 6.64. The van der Waals surface area contributed by atoms with Crippen LogP contribution in [0.25, 0.3) is 0 Å². The third kappa shape index (κ3) is 11.4. The summed E-state index contributed by atoms with van der Waals surface area (Å²) in [7, 11) is 0. The van der Waals surface area contributed by atoms with Gasteiger partial charge in [-0.2, -0.15) is 0 Å². The fourth-order valence-corrected chi connectivity index (χ4v) is 2.74. The van der Waals surface area contributed by atoms with E-state index in [0.29, 0.717) is 0 Å². The smallest absolute Gasteiger partial charge is 0.123 e. The van der Waals surface area contributed by atoms with Crippen molar-refractivity contribution in [2.45, 2.75) is 90.9 Å². The fraction of sp³-hybridized carbons (Fsp3) is 0.727. The molecule has 0 heterocycles. The third-order valence-electron chi connectivity index (χ3n) is 4.27. The van der Waals surface area contributed by atoms with E-state index in [-0.39, 0.29) is 0 Å². The van der Waals surface area contributed by atoms with Crippen molar-refractivity contribution in [3.8, 4) is 11.5 Å². The van der Waals surface area contributed by atoms with Gasteiger partial charge in [0.25, 0.3) is 0 Å². The fourth-order valence-electron chi connectivity index (χ4n) is 2.74. The van der Waals surface area contributed by atoms with E-state index in [1.54, 1.807) is 0 Å². The zero-order valence-corrected chi connectivity index (χ0v) is 15.9. The van der Waals surface area contributed by atoms with Gasteiger partial charge in [-0.3, -0.25) is 0 Å². The summed E-state index contributed by atoms with van der Waals surface area (Å²) < 4.78 is 11.6. The van der Waals surface area contributed by atoms with E-state index in [4.69, 9.17) is 9.47 Å². The van der Waals surface area contributed by atoms with Crippen LogP contribution < -0.4 is 9.47 Å². The lowest BCUT2D eigenvalue weighted by atomic mass is 10.1. The van der Waals surface area contributed by atoms with Crippen molar-refractivity contribution >= 4 is 0 Å². The molecule has 1 rings (SSSR count). The first kappa shape index (κ1) is 20.9. The van der Waals surface area contributed by atoms with Gasteiger partial charge < -0.3 is 9.47 Å². The SMILES string of the molecule is CCCCCCCCOc1c[c]cc(OCCCCCCCC)c1. The molecule has 0 amide bonds. The van der Waals surface area contributed by atoms with Crippen molar-refractivity contribution in [3.05, 3.63) is 24.3 Å². The number of unbranched alkanes of at least 4 members (excludes halogenated alkanes) is 10. The van der Waals surface area contributed by atoms with Crippen LogP contribution >= 0.6 is 0 Å². The van der Waals surface area contributed by atoms with Crippen molar-refractivity contribution in [3.63, 3.8) is 0 Å². The number of benzene rings is 1. The average Bonchev–Trinajstić information content (AvgIpc) is 2.60. The van der Waals surface area contributed by atoms with Gasteiger partial charge in [0.05, 0.1) is 13.2 Å². The van der Waals surface area contributed by atoms with E-state index in [9.17, 15) is 0 Å². The van der Waals surface area contributed by atoms with Crippen LogP contribution in [-0.4, -0.2) is 13.2 Å². The predicted octanol–water partition coefficient (Wildman–Crippen LogP) is 6.97. The van der Waals surface area contributed by atoms with Crippen molar-refractivity contribution in [1.29, 1.82) is 0 Å². The normalized spacial score (nSPS) is 10.8. The summed E-state index contributed by atoms with van der Waals surface area (Å²) in [6, 6.07) is 8.90. The molecule has 0 aliphatic carbocycles. The molecule has 0 aromatic heterocycles. The zero-order chi connectivity index (χ0) is 17.3. The average molecular weight is 334 g/mol. The summed E-state index contributed by atoms with van der Waals surface area (Å²) in [6.45, 7) is 6.09. The second kappa shape index (κ2) is 15.4. The molecular weight excluding hydrogens is 296 g/mol. The standard InChI is InChI=1S/C22H37O2/c1-3-5-7-9-11-13-18-23-21-16-15-17-22(20-21)24-19-14-12-10-8-6-4-2/h16-17,20H,3-14,18-19H2,1-2H3. The lowest BCUT2D eigenvalue weighted by Crippen LogP contribution is -2.00. The Morgan fingerprint density at radius 2 is 1.04 bits per heavy atom. The Hall–Kier alpha value is -1.18. The summed E-state index contributed by atoms with van der Waals surface area (Å²) >= 11 is 0. The lowest BCUT2D eigenvalue weighted by Gasteiger charge is -2.09. The Bertz CT molecular complexity index is 356. The summed E-state index contributed by atoms with van der Waals surface area (Å²) in [6.07, 6.45) is 15.5. The predicted molar refractivity (Wildman–Crippen MR) is 103 cm³/mol.